The summed E-state index contributed by atoms with van der Waals surface area (Å²) in [6.45, 7) is 2.57. The molecular weight excluding hydrogens is 443 g/mol. The van der Waals surface area contributed by atoms with E-state index in [0.717, 1.165) is 11.3 Å². The van der Waals surface area contributed by atoms with Crippen LogP contribution in [0.25, 0.3) is 0 Å². The summed E-state index contributed by atoms with van der Waals surface area (Å²) in [6, 6.07) is 14.9. The van der Waals surface area contributed by atoms with E-state index >= 15 is 0 Å². The van der Waals surface area contributed by atoms with Gasteiger partial charge in [-0.1, -0.05) is 37.3 Å². The summed E-state index contributed by atoms with van der Waals surface area (Å²) >= 11 is 0. The molecule has 0 N–H and O–H groups in total. The van der Waals surface area contributed by atoms with Crippen LogP contribution < -0.4 is 4.90 Å². The fourth-order valence-electron chi connectivity index (χ4n) is 4.21. The van der Waals surface area contributed by atoms with Crippen LogP contribution in [-0.4, -0.2) is 40.7 Å². The van der Waals surface area contributed by atoms with Crippen LogP contribution in [-0.2, 0) is 36.6 Å². The van der Waals surface area contributed by atoms with E-state index in [1.807, 2.05) is 32.2 Å². The van der Waals surface area contributed by atoms with Gasteiger partial charge in [0.15, 0.2) is 0 Å². The second-order valence-electron chi connectivity index (χ2n) is 8.10. The Kier molecular flexibility index (Phi) is 6.62. The quantitative estimate of drug-likeness (QED) is 0.530. The number of aryl methyl sites for hydroxylation is 1. The maximum absolute atomic E-state index is 14.4. The van der Waals surface area contributed by atoms with Crippen molar-refractivity contribution >= 4 is 21.6 Å². The number of amides is 1. The van der Waals surface area contributed by atoms with E-state index < -0.39 is 21.7 Å². The highest BCUT2D eigenvalue weighted by Crippen LogP contribution is 2.28. The van der Waals surface area contributed by atoms with Gasteiger partial charge in [-0.2, -0.15) is 9.40 Å². The lowest BCUT2D eigenvalue weighted by Crippen LogP contribution is -2.38. The summed E-state index contributed by atoms with van der Waals surface area (Å²) in [7, 11) is -1.54. The van der Waals surface area contributed by atoms with E-state index in [1.54, 1.807) is 28.9 Å². The van der Waals surface area contributed by atoms with Crippen molar-refractivity contribution in [2.24, 2.45) is 7.05 Å². The molecule has 0 fully saturated rings. The lowest BCUT2D eigenvalue weighted by Gasteiger charge is -2.28. The molecule has 0 aliphatic carbocycles. The SMILES string of the molecule is CCCS(=O)(=O)N1CCc2c(c(CN(C(=O)c3ccccc3F)c3ccccc3)nn2C)C1. The van der Waals surface area contributed by atoms with Gasteiger partial charge in [0.1, 0.15) is 5.82 Å². The lowest BCUT2D eigenvalue weighted by molar-refractivity contribution is 0.0980. The van der Waals surface area contributed by atoms with Gasteiger partial charge in [0.25, 0.3) is 5.91 Å². The summed E-state index contributed by atoms with van der Waals surface area (Å²) in [5.74, 6) is -0.979. The molecule has 33 heavy (non-hydrogen) atoms. The number of benzene rings is 2. The summed E-state index contributed by atoms with van der Waals surface area (Å²) in [6.07, 6.45) is 1.10. The predicted molar refractivity (Wildman–Crippen MR) is 125 cm³/mol. The molecule has 4 rings (SSSR count). The van der Waals surface area contributed by atoms with Crippen LogP contribution in [0.4, 0.5) is 10.1 Å². The van der Waals surface area contributed by atoms with Crippen LogP contribution in [0.5, 0.6) is 0 Å². The molecule has 3 aromatic rings. The zero-order chi connectivity index (χ0) is 23.6. The van der Waals surface area contributed by atoms with Crippen molar-refractivity contribution in [1.82, 2.24) is 14.1 Å². The van der Waals surface area contributed by atoms with E-state index in [4.69, 9.17) is 0 Å². The molecule has 0 bridgehead atoms. The van der Waals surface area contributed by atoms with Crippen molar-refractivity contribution in [1.29, 1.82) is 0 Å². The molecule has 0 saturated carbocycles. The number of sulfonamides is 1. The third kappa shape index (κ3) is 4.69. The molecule has 0 saturated heterocycles. The van der Waals surface area contributed by atoms with E-state index in [2.05, 4.69) is 5.10 Å². The van der Waals surface area contributed by atoms with E-state index in [0.29, 0.717) is 30.8 Å². The smallest absolute Gasteiger partial charge is 0.261 e. The molecule has 7 nitrogen and oxygen atoms in total. The fourth-order valence-corrected chi connectivity index (χ4v) is 5.68. The predicted octanol–water partition coefficient (Wildman–Crippen LogP) is 3.50. The molecule has 1 aliphatic heterocycles. The van der Waals surface area contributed by atoms with Crippen molar-refractivity contribution < 1.29 is 17.6 Å². The van der Waals surface area contributed by atoms with Crippen molar-refractivity contribution in [3.05, 3.63) is 82.9 Å². The molecular formula is C24H27FN4O3S. The van der Waals surface area contributed by atoms with E-state index in [1.165, 1.54) is 21.3 Å². The van der Waals surface area contributed by atoms with Crippen molar-refractivity contribution in [2.45, 2.75) is 32.9 Å². The number of carbonyl (C=O) groups is 1. The Labute approximate surface area is 193 Å². The van der Waals surface area contributed by atoms with Crippen LogP contribution in [0.1, 0.15) is 40.7 Å². The van der Waals surface area contributed by atoms with E-state index in [-0.39, 0.29) is 24.4 Å². The van der Waals surface area contributed by atoms with Gasteiger partial charge in [-0.15, -0.1) is 0 Å². The lowest BCUT2D eigenvalue weighted by atomic mass is 10.1. The van der Waals surface area contributed by atoms with Crippen molar-refractivity contribution in [3.8, 4) is 0 Å². The third-order valence-electron chi connectivity index (χ3n) is 5.87. The number of rotatable bonds is 7. The fraction of sp³-hybridized carbons (Fsp3) is 0.333. The maximum Gasteiger partial charge on any atom is 0.261 e. The van der Waals surface area contributed by atoms with Gasteiger partial charge in [0.2, 0.25) is 10.0 Å². The number of fused-ring (bicyclic) bond motifs is 1. The van der Waals surface area contributed by atoms with Gasteiger partial charge in [-0.25, -0.2) is 12.8 Å². The zero-order valence-electron chi connectivity index (χ0n) is 18.7. The summed E-state index contributed by atoms with van der Waals surface area (Å²) < 4.78 is 43.1. The average molecular weight is 471 g/mol. The first kappa shape index (κ1) is 23.1. The minimum Gasteiger partial charge on any atom is -0.302 e. The monoisotopic (exact) mass is 470 g/mol. The Balaban J connectivity index is 1.71. The van der Waals surface area contributed by atoms with Crippen LogP contribution >= 0.6 is 0 Å². The van der Waals surface area contributed by atoms with Crippen molar-refractivity contribution in [2.75, 3.05) is 17.2 Å². The second-order valence-corrected chi connectivity index (χ2v) is 10.2. The normalized spacial score (nSPS) is 14.2. The minimum atomic E-state index is -3.36. The highest BCUT2D eigenvalue weighted by atomic mass is 32.2. The largest absolute Gasteiger partial charge is 0.302 e. The molecule has 0 spiro atoms. The Bertz CT molecular complexity index is 1260. The van der Waals surface area contributed by atoms with Crippen molar-refractivity contribution in [3.63, 3.8) is 0 Å². The topological polar surface area (TPSA) is 75.5 Å². The number of para-hydroxylation sites is 1. The molecule has 2 aromatic carbocycles. The van der Waals surface area contributed by atoms with Crippen LogP contribution in [0.2, 0.25) is 0 Å². The molecule has 0 unspecified atom stereocenters. The molecule has 1 amide bonds. The van der Waals surface area contributed by atoms with Gasteiger partial charge < -0.3 is 4.90 Å². The zero-order valence-corrected chi connectivity index (χ0v) is 19.6. The van der Waals surface area contributed by atoms with Crippen LogP contribution in [0.15, 0.2) is 54.6 Å². The third-order valence-corrected chi connectivity index (χ3v) is 7.89. The first-order valence-electron chi connectivity index (χ1n) is 10.9. The molecule has 0 radical (unpaired) electrons. The summed E-state index contributed by atoms with van der Waals surface area (Å²) in [4.78, 5) is 14.9. The number of aromatic nitrogens is 2. The van der Waals surface area contributed by atoms with Gasteiger partial charge in [-0.3, -0.25) is 9.48 Å². The molecule has 1 aliphatic rings. The Morgan fingerprint density at radius 2 is 1.82 bits per heavy atom. The van der Waals surface area contributed by atoms with Gasteiger partial charge in [0, 0.05) is 43.5 Å². The Hall–Kier alpha value is -3.04. The maximum atomic E-state index is 14.4. The highest BCUT2D eigenvalue weighted by molar-refractivity contribution is 7.89. The number of anilines is 1. The molecule has 2 heterocycles. The van der Waals surface area contributed by atoms with Crippen LogP contribution in [0.3, 0.4) is 0 Å². The molecule has 1 aromatic heterocycles. The number of carbonyl (C=O) groups excluding carboxylic acids is 1. The number of hydrogen-bond acceptors (Lipinski definition) is 4. The van der Waals surface area contributed by atoms with Gasteiger partial charge in [0.05, 0.1) is 23.6 Å². The average Bonchev–Trinajstić information content (AvgIpc) is 3.12. The highest BCUT2D eigenvalue weighted by Gasteiger charge is 2.32. The van der Waals surface area contributed by atoms with E-state index in [9.17, 15) is 17.6 Å². The Morgan fingerprint density at radius 1 is 1.12 bits per heavy atom. The second kappa shape index (κ2) is 9.44. The standard InChI is InChI=1S/C24H27FN4O3S/c1-3-15-33(31,32)28-14-13-23-20(16-28)22(26-27(23)2)17-29(18-9-5-4-6-10-18)24(30)19-11-7-8-12-21(19)25/h4-12H,3,13-17H2,1-2H3. The number of halogens is 1. The first-order valence-corrected chi connectivity index (χ1v) is 12.6. The summed E-state index contributed by atoms with van der Waals surface area (Å²) in [5.41, 5.74) is 2.96. The number of hydrogen-bond donors (Lipinski definition) is 0. The van der Waals surface area contributed by atoms with Gasteiger partial charge in [-0.05, 0) is 30.7 Å². The number of nitrogens with zero attached hydrogens (tertiary/aromatic N) is 4. The van der Waals surface area contributed by atoms with Gasteiger partial charge >= 0.3 is 0 Å². The molecule has 0 atom stereocenters. The minimum absolute atomic E-state index is 0.0294. The summed E-state index contributed by atoms with van der Waals surface area (Å²) in [5, 5.41) is 4.63. The first-order chi connectivity index (χ1) is 15.8. The Morgan fingerprint density at radius 3 is 2.52 bits per heavy atom. The van der Waals surface area contributed by atoms with Crippen LogP contribution in [0, 0.1) is 5.82 Å². The molecule has 9 heteroatoms. The molecule has 174 valence electrons.